The Morgan fingerprint density at radius 1 is 0.554 bits per heavy atom. The molecule has 8 heteroatoms. The molecule has 0 bridgehead atoms. The van der Waals surface area contributed by atoms with E-state index in [0.29, 0.717) is 5.89 Å². The summed E-state index contributed by atoms with van der Waals surface area (Å²) in [5, 5.41) is 2.27. The Balaban J connectivity index is 0.00000363. The number of pyridine rings is 1. The molecule has 5 heterocycles. The maximum atomic E-state index is 6.35. The van der Waals surface area contributed by atoms with Crippen LogP contribution in [0.1, 0.15) is 0 Å². The molecule has 10 aromatic rings. The van der Waals surface area contributed by atoms with Gasteiger partial charge in [0.2, 0.25) is 6.71 Å². The molecule has 0 radical (unpaired) electrons. The van der Waals surface area contributed by atoms with Gasteiger partial charge in [-0.15, -0.1) is 35.1 Å². The summed E-state index contributed by atoms with van der Waals surface area (Å²) in [6.07, 6.45) is 1.85. The summed E-state index contributed by atoms with van der Waals surface area (Å²) in [5.41, 5.74) is 14.3. The fourth-order valence-corrected chi connectivity index (χ4v) is 8.73. The molecule has 0 fully saturated rings. The Bertz CT molecular complexity index is 3100. The van der Waals surface area contributed by atoms with Crippen molar-refractivity contribution in [1.82, 2.24) is 14.5 Å². The molecule has 7 aromatic carbocycles. The topological polar surface area (TPSA) is 50.3 Å². The van der Waals surface area contributed by atoms with Crippen molar-refractivity contribution in [3.8, 4) is 17.3 Å². The molecule has 0 saturated carbocycles. The standard InChI is InChI=1S/C48H28BN5O.Pt/c1-3-14-32(15-4-1)52-40-26-25-31(48-51-38-19-8-10-23-45(38)55-48)28-36(40)49-37-30-43-35(34-18-7-9-20-39(34)54(43)46-24-11-12-27-50-46)29-44(37)53(33-16-5-2-6-17-33)42-22-13-21-41(52)47(42)49;/h1-27,29H;/q-2;+2. The Morgan fingerprint density at radius 3 is 1.98 bits per heavy atom. The molecule has 2 aliphatic heterocycles. The summed E-state index contributed by atoms with van der Waals surface area (Å²) < 4.78 is 8.60. The van der Waals surface area contributed by atoms with Crippen molar-refractivity contribution >= 4 is 90.1 Å². The quantitative estimate of drug-likeness (QED) is 0.130. The van der Waals surface area contributed by atoms with E-state index in [1.54, 1.807) is 0 Å². The summed E-state index contributed by atoms with van der Waals surface area (Å²) >= 11 is 0. The minimum Gasteiger partial charge on any atom is -0.481 e. The van der Waals surface area contributed by atoms with Crippen molar-refractivity contribution in [3.05, 3.63) is 182 Å². The van der Waals surface area contributed by atoms with Crippen LogP contribution in [0.2, 0.25) is 0 Å². The smallest absolute Gasteiger partial charge is 0.481 e. The summed E-state index contributed by atoms with van der Waals surface area (Å²) in [7, 11) is 0. The zero-order valence-corrected chi connectivity index (χ0v) is 32.0. The minimum absolute atomic E-state index is 0. The number of hydrogen-bond donors (Lipinski definition) is 0. The molecular formula is C48H28BN5OPt. The van der Waals surface area contributed by atoms with Gasteiger partial charge in [-0.3, -0.25) is 4.98 Å². The fourth-order valence-electron chi connectivity index (χ4n) is 8.73. The van der Waals surface area contributed by atoms with E-state index in [9.17, 15) is 0 Å². The van der Waals surface area contributed by atoms with Crippen LogP contribution in [0.15, 0.2) is 174 Å². The molecule has 6 nitrogen and oxygen atoms in total. The van der Waals surface area contributed by atoms with Gasteiger partial charge < -0.3 is 18.8 Å². The SMILES string of the molecule is [Pt+2].[c-]1c(-c2nc3ccccc3o2)ccc2c1B1c3[c-]c4c(cc3N(c3ccccc3)c3cccc(c31)N2c1ccccc1)c1ccccc1n4-c1ccccn1. The summed E-state index contributed by atoms with van der Waals surface area (Å²) in [6, 6.07) is 65.1. The van der Waals surface area contributed by atoms with Gasteiger partial charge in [-0.2, -0.15) is 11.5 Å². The van der Waals surface area contributed by atoms with Gasteiger partial charge in [0.25, 0.3) is 0 Å². The van der Waals surface area contributed by atoms with Crippen molar-refractivity contribution in [1.29, 1.82) is 0 Å². The van der Waals surface area contributed by atoms with Crippen molar-refractivity contribution in [3.63, 3.8) is 0 Å². The molecule has 0 amide bonds. The van der Waals surface area contributed by atoms with Gasteiger partial charge in [-0.1, -0.05) is 95.6 Å². The summed E-state index contributed by atoms with van der Waals surface area (Å²) in [5.74, 6) is 1.40. The van der Waals surface area contributed by atoms with Crippen LogP contribution in [0.5, 0.6) is 0 Å². The Morgan fingerprint density at radius 2 is 1.23 bits per heavy atom. The van der Waals surface area contributed by atoms with Crippen LogP contribution in [0.25, 0.3) is 50.2 Å². The third-order valence-electron chi connectivity index (χ3n) is 11.0. The third-order valence-corrected chi connectivity index (χ3v) is 11.0. The zero-order valence-electron chi connectivity index (χ0n) is 29.7. The largest absolute Gasteiger partial charge is 2.00 e. The van der Waals surface area contributed by atoms with Gasteiger partial charge in [-0.25, -0.2) is 4.98 Å². The van der Waals surface area contributed by atoms with E-state index in [2.05, 4.69) is 154 Å². The zero-order chi connectivity index (χ0) is 36.0. The number of nitrogens with zero attached hydrogens (tertiary/aromatic N) is 5. The second-order valence-electron chi connectivity index (χ2n) is 14.0. The van der Waals surface area contributed by atoms with Crippen molar-refractivity contribution in [2.24, 2.45) is 0 Å². The average Bonchev–Trinajstić information content (AvgIpc) is 3.83. The van der Waals surface area contributed by atoms with Crippen LogP contribution in [0.4, 0.5) is 34.1 Å². The number of hydrogen-bond acceptors (Lipinski definition) is 5. The normalized spacial score (nSPS) is 12.8. The van der Waals surface area contributed by atoms with Gasteiger partial charge in [-0.05, 0) is 83.3 Å². The molecule has 0 N–H and O–H groups in total. The number of rotatable bonds is 4. The number of anilines is 6. The van der Waals surface area contributed by atoms with Crippen molar-refractivity contribution < 1.29 is 25.5 Å². The monoisotopic (exact) mass is 896 g/mol. The number of fused-ring (bicyclic) bond motifs is 8. The van der Waals surface area contributed by atoms with E-state index in [4.69, 9.17) is 14.4 Å². The first-order valence-corrected chi connectivity index (χ1v) is 18.5. The predicted octanol–water partition coefficient (Wildman–Crippen LogP) is 9.67. The average molecular weight is 897 g/mol. The van der Waals surface area contributed by atoms with Gasteiger partial charge in [0.1, 0.15) is 17.3 Å². The van der Waals surface area contributed by atoms with Crippen LogP contribution in [-0.4, -0.2) is 21.2 Å². The summed E-state index contributed by atoms with van der Waals surface area (Å²) in [6.45, 7) is -0.208. The fraction of sp³-hybridized carbons (Fsp3) is 0. The Hall–Kier alpha value is -6.69. The molecule has 0 saturated heterocycles. The molecular weight excluding hydrogens is 868 g/mol. The molecule has 3 aromatic heterocycles. The molecule has 12 rings (SSSR count). The van der Waals surface area contributed by atoms with E-state index < -0.39 is 0 Å². The number of para-hydroxylation sites is 5. The molecule has 0 atom stereocenters. The van der Waals surface area contributed by atoms with E-state index in [1.807, 2.05) is 42.6 Å². The molecule has 2 aliphatic rings. The van der Waals surface area contributed by atoms with Gasteiger partial charge >= 0.3 is 21.1 Å². The van der Waals surface area contributed by atoms with Crippen LogP contribution in [-0.2, 0) is 21.1 Å². The number of benzene rings is 7. The predicted molar refractivity (Wildman–Crippen MR) is 223 cm³/mol. The number of oxazole rings is 1. The van der Waals surface area contributed by atoms with E-state index >= 15 is 0 Å². The van der Waals surface area contributed by atoms with E-state index in [1.165, 1.54) is 5.46 Å². The molecule has 56 heavy (non-hydrogen) atoms. The second-order valence-corrected chi connectivity index (χ2v) is 14.0. The molecule has 0 unspecified atom stereocenters. The Labute approximate surface area is 337 Å². The Kier molecular flexibility index (Phi) is 7.41. The van der Waals surface area contributed by atoms with Crippen LogP contribution < -0.4 is 26.2 Å². The van der Waals surface area contributed by atoms with Gasteiger partial charge in [0, 0.05) is 34.5 Å². The first-order valence-electron chi connectivity index (χ1n) is 18.5. The molecule has 264 valence electrons. The van der Waals surface area contributed by atoms with Gasteiger partial charge in [0.05, 0.1) is 5.52 Å². The number of aromatic nitrogens is 3. The first kappa shape index (κ1) is 32.7. The second kappa shape index (κ2) is 12.7. The minimum atomic E-state index is -0.208. The maximum Gasteiger partial charge on any atom is 2.00 e. The molecule has 0 spiro atoms. The van der Waals surface area contributed by atoms with E-state index in [-0.39, 0.29) is 27.8 Å². The van der Waals surface area contributed by atoms with E-state index in [0.717, 1.165) is 89.3 Å². The van der Waals surface area contributed by atoms with Crippen molar-refractivity contribution in [2.75, 3.05) is 9.80 Å². The van der Waals surface area contributed by atoms with Crippen LogP contribution >= 0.6 is 0 Å². The van der Waals surface area contributed by atoms with Crippen LogP contribution in [0, 0.1) is 12.1 Å². The first-order chi connectivity index (χ1) is 27.3. The van der Waals surface area contributed by atoms with Gasteiger partial charge in [0.15, 0.2) is 0 Å². The third kappa shape index (κ3) is 4.74. The molecule has 0 aliphatic carbocycles. The maximum absolute atomic E-state index is 6.35. The summed E-state index contributed by atoms with van der Waals surface area (Å²) in [4.78, 5) is 14.5. The van der Waals surface area contributed by atoms with Crippen LogP contribution in [0.3, 0.4) is 0 Å². The van der Waals surface area contributed by atoms with Crippen molar-refractivity contribution in [2.45, 2.75) is 0 Å².